The molecular weight excluding hydrogens is 266 g/mol. The van der Waals surface area contributed by atoms with Crippen molar-refractivity contribution < 1.29 is 14.3 Å². The molecule has 19 heavy (non-hydrogen) atoms. The molecule has 3 amide bonds. The minimum absolute atomic E-state index is 0.0213. The van der Waals surface area contributed by atoms with Crippen LogP contribution in [0.2, 0.25) is 0 Å². The van der Waals surface area contributed by atoms with Crippen molar-refractivity contribution in [1.29, 1.82) is 0 Å². The molecule has 0 atom stereocenters. The van der Waals surface area contributed by atoms with Gasteiger partial charge in [0.1, 0.15) is 0 Å². The molecule has 0 aliphatic rings. The first-order valence-corrected chi connectivity index (χ1v) is 7.00. The zero-order chi connectivity index (χ0) is 14.1. The molecule has 1 aromatic heterocycles. The smallest absolute Gasteiger partial charge is 0.321 e. The molecule has 0 aliphatic carbocycles. The molecule has 0 radical (unpaired) electrons. The van der Waals surface area contributed by atoms with Crippen LogP contribution in [0.3, 0.4) is 0 Å². The average Bonchev–Trinajstić information content (AvgIpc) is 2.38. The molecule has 0 unspecified atom stereocenters. The number of imide groups is 1. The van der Waals surface area contributed by atoms with Gasteiger partial charge < -0.3 is 10.5 Å². The van der Waals surface area contributed by atoms with Crippen molar-refractivity contribution >= 4 is 23.7 Å². The second kappa shape index (κ2) is 8.36. The minimum Gasteiger partial charge on any atom is -0.618 e. The molecule has 1 rings (SSSR count). The number of nitrogens with zero attached hydrogens (tertiary/aromatic N) is 1. The first kappa shape index (κ1) is 15.3. The van der Waals surface area contributed by atoms with E-state index in [-0.39, 0.29) is 5.75 Å². The Bertz CT molecular complexity index is 440. The van der Waals surface area contributed by atoms with Gasteiger partial charge in [-0.05, 0) is 24.2 Å². The van der Waals surface area contributed by atoms with Crippen LogP contribution >= 0.6 is 11.8 Å². The molecule has 104 valence electrons. The molecule has 0 fully saturated rings. The fraction of sp³-hybridized carbons (Fsp3) is 0.417. The van der Waals surface area contributed by atoms with E-state index in [0.29, 0.717) is 16.3 Å². The van der Waals surface area contributed by atoms with E-state index in [1.54, 1.807) is 18.2 Å². The fourth-order valence-electron chi connectivity index (χ4n) is 1.25. The number of nitrogens with one attached hydrogen (secondary N) is 2. The number of unbranched alkanes of at least 4 members (excludes halogenated alkanes) is 1. The van der Waals surface area contributed by atoms with Crippen molar-refractivity contribution in [2.75, 3.05) is 12.3 Å². The van der Waals surface area contributed by atoms with Crippen molar-refractivity contribution in [2.24, 2.45) is 0 Å². The van der Waals surface area contributed by atoms with Crippen molar-refractivity contribution in [3.8, 4) is 0 Å². The molecule has 0 saturated heterocycles. The third kappa shape index (κ3) is 6.10. The Kier molecular flexibility index (Phi) is 6.73. The molecule has 6 nitrogen and oxygen atoms in total. The van der Waals surface area contributed by atoms with Crippen LogP contribution in [-0.4, -0.2) is 24.2 Å². The Morgan fingerprint density at radius 2 is 2.21 bits per heavy atom. The topological polar surface area (TPSA) is 85.1 Å². The van der Waals surface area contributed by atoms with Crippen molar-refractivity contribution in [2.45, 2.75) is 24.8 Å². The summed E-state index contributed by atoms with van der Waals surface area (Å²) in [5.41, 5.74) is 0. The Morgan fingerprint density at radius 1 is 1.42 bits per heavy atom. The highest BCUT2D eigenvalue weighted by molar-refractivity contribution is 7.99. The van der Waals surface area contributed by atoms with Gasteiger partial charge in [-0.15, -0.1) is 0 Å². The highest BCUT2D eigenvalue weighted by atomic mass is 32.2. The summed E-state index contributed by atoms with van der Waals surface area (Å²) in [6, 6.07) is 4.44. The molecule has 1 heterocycles. The summed E-state index contributed by atoms with van der Waals surface area (Å²) in [5, 5.41) is 16.5. The number of pyridine rings is 1. The molecule has 0 aromatic carbocycles. The molecule has 0 spiro atoms. The Labute approximate surface area is 116 Å². The molecule has 7 heteroatoms. The van der Waals surface area contributed by atoms with Gasteiger partial charge in [-0.2, -0.15) is 4.73 Å². The predicted molar refractivity (Wildman–Crippen MR) is 72.6 cm³/mol. The number of carbonyl (C=O) groups excluding carboxylic acids is 2. The van der Waals surface area contributed by atoms with Gasteiger partial charge in [0.2, 0.25) is 5.91 Å². The summed E-state index contributed by atoms with van der Waals surface area (Å²) in [6.07, 6.45) is 3.20. The van der Waals surface area contributed by atoms with Gasteiger partial charge in [-0.3, -0.25) is 10.1 Å². The van der Waals surface area contributed by atoms with Crippen molar-refractivity contribution in [1.82, 2.24) is 10.6 Å². The second-order valence-electron chi connectivity index (χ2n) is 3.81. The van der Waals surface area contributed by atoms with E-state index in [1.165, 1.54) is 6.20 Å². The SMILES string of the molecule is CCCCNC(=O)NC(=O)CSc1cccc[n+]1[O-]. The van der Waals surface area contributed by atoms with Gasteiger partial charge in [-0.25, -0.2) is 4.79 Å². The quantitative estimate of drug-likeness (QED) is 0.353. The monoisotopic (exact) mass is 283 g/mol. The molecule has 1 aromatic rings. The normalized spacial score (nSPS) is 9.95. The number of hydrogen-bond donors (Lipinski definition) is 2. The maximum absolute atomic E-state index is 11.5. The molecule has 0 saturated carbocycles. The zero-order valence-electron chi connectivity index (χ0n) is 10.7. The van der Waals surface area contributed by atoms with Crippen molar-refractivity contribution in [3.63, 3.8) is 0 Å². The summed E-state index contributed by atoms with van der Waals surface area (Å²) >= 11 is 1.08. The van der Waals surface area contributed by atoms with E-state index >= 15 is 0 Å². The lowest BCUT2D eigenvalue weighted by Crippen LogP contribution is -2.40. The Hall–Kier alpha value is -1.76. The van der Waals surface area contributed by atoms with Crippen LogP contribution in [0.5, 0.6) is 0 Å². The van der Waals surface area contributed by atoms with Crippen LogP contribution in [0.1, 0.15) is 19.8 Å². The number of hydrogen-bond acceptors (Lipinski definition) is 4. The van der Waals surface area contributed by atoms with E-state index in [4.69, 9.17) is 0 Å². The summed E-state index contributed by atoms with van der Waals surface area (Å²) in [4.78, 5) is 22.8. The molecule has 0 bridgehead atoms. The number of amides is 3. The van der Waals surface area contributed by atoms with Crippen LogP contribution in [0.4, 0.5) is 4.79 Å². The summed E-state index contributed by atoms with van der Waals surface area (Å²) in [5.74, 6) is -0.407. The summed E-state index contributed by atoms with van der Waals surface area (Å²) < 4.78 is 0.680. The van der Waals surface area contributed by atoms with Gasteiger partial charge in [0.15, 0.2) is 6.20 Å². The van der Waals surface area contributed by atoms with Crippen LogP contribution in [0.15, 0.2) is 29.4 Å². The fourth-order valence-corrected chi connectivity index (χ4v) is 1.96. The molecule has 2 N–H and O–H groups in total. The maximum Gasteiger partial charge on any atom is 0.321 e. The summed E-state index contributed by atoms with van der Waals surface area (Å²) in [7, 11) is 0. The third-order valence-corrected chi connectivity index (χ3v) is 3.23. The Balaban J connectivity index is 2.28. The zero-order valence-corrected chi connectivity index (χ0v) is 11.5. The van der Waals surface area contributed by atoms with E-state index in [9.17, 15) is 14.8 Å². The lowest BCUT2D eigenvalue weighted by atomic mass is 10.3. The lowest BCUT2D eigenvalue weighted by Gasteiger charge is -2.06. The van der Waals surface area contributed by atoms with Crippen LogP contribution < -0.4 is 15.4 Å². The third-order valence-electron chi connectivity index (χ3n) is 2.21. The van der Waals surface area contributed by atoms with Crippen LogP contribution in [0, 0.1) is 5.21 Å². The molecule has 0 aliphatic heterocycles. The highest BCUT2D eigenvalue weighted by Crippen LogP contribution is 2.11. The number of rotatable bonds is 6. The Morgan fingerprint density at radius 3 is 2.89 bits per heavy atom. The van der Waals surface area contributed by atoms with E-state index in [2.05, 4.69) is 10.6 Å². The molecular formula is C12H17N3O3S. The van der Waals surface area contributed by atoms with Crippen molar-refractivity contribution in [3.05, 3.63) is 29.6 Å². The maximum atomic E-state index is 11.5. The van der Waals surface area contributed by atoms with E-state index in [0.717, 1.165) is 24.6 Å². The highest BCUT2D eigenvalue weighted by Gasteiger charge is 2.11. The van der Waals surface area contributed by atoms with E-state index < -0.39 is 11.9 Å². The number of carbonyl (C=O) groups is 2. The summed E-state index contributed by atoms with van der Waals surface area (Å²) in [6.45, 7) is 2.56. The van der Waals surface area contributed by atoms with Crippen LogP contribution in [0.25, 0.3) is 0 Å². The lowest BCUT2D eigenvalue weighted by molar-refractivity contribution is -0.645. The standard InChI is InChI=1S/C12H17N3O3S/c1-2-3-7-13-12(17)14-10(16)9-19-11-6-4-5-8-15(11)18/h4-6,8H,2-3,7,9H2,1H3,(H2,13,14,16,17). The van der Waals surface area contributed by atoms with Gasteiger partial charge >= 0.3 is 6.03 Å². The predicted octanol–water partition coefficient (Wildman–Crippen LogP) is 1.04. The number of thioether (sulfide) groups is 1. The minimum atomic E-state index is -0.498. The van der Waals surface area contributed by atoms with Gasteiger partial charge in [0.05, 0.1) is 5.75 Å². The van der Waals surface area contributed by atoms with Gasteiger partial charge in [0, 0.05) is 18.7 Å². The van der Waals surface area contributed by atoms with Crippen LogP contribution in [-0.2, 0) is 4.79 Å². The van der Waals surface area contributed by atoms with Gasteiger partial charge in [-0.1, -0.05) is 13.3 Å². The number of urea groups is 1. The first-order valence-electron chi connectivity index (χ1n) is 6.02. The van der Waals surface area contributed by atoms with Gasteiger partial charge in [0.25, 0.3) is 5.03 Å². The second-order valence-corrected chi connectivity index (χ2v) is 4.81. The average molecular weight is 283 g/mol. The van der Waals surface area contributed by atoms with E-state index in [1.807, 2.05) is 6.92 Å². The largest absolute Gasteiger partial charge is 0.618 e. The number of aromatic nitrogens is 1. The first-order chi connectivity index (χ1) is 9.13.